The third-order valence-corrected chi connectivity index (χ3v) is 1.43. The van der Waals surface area contributed by atoms with E-state index in [4.69, 9.17) is 7.98 Å². The standard InChI is InChI=1S/C8H9BN2O/c9-11-8(12)10-6-7-4-2-1-3-5-7/h1-5H,6H2,(H2,10,11,12). The summed E-state index contributed by atoms with van der Waals surface area (Å²) in [6.45, 7) is 0.490. The normalized spacial score (nSPS) is 9.00. The minimum Gasteiger partial charge on any atom is -0.392 e. The number of rotatable bonds is 2. The zero-order valence-electron chi connectivity index (χ0n) is 6.58. The summed E-state index contributed by atoms with van der Waals surface area (Å²) in [7, 11) is 4.87. The predicted octanol–water partition coefficient (Wildman–Crippen LogP) is 0.569. The first-order valence-electron chi connectivity index (χ1n) is 3.61. The quantitative estimate of drug-likeness (QED) is 0.610. The number of hydrogen-bond acceptors (Lipinski definition) is 1. The number of urea groups is 1. The lowest BCUT2D eigenvalue weighted by molar-refractivity contribution is 0.245. The summed E-state index contributed by atoms with van der Waals surface area (Å²) in [5.41, 5.74) is 1.04. The molecule has 0 fully saturated rings. The van der Waals surface area contributed by atoms with E-state index in [-0.39, 0.29) is 6.03 Å². The van der Waals surface area contributed by atoms with Crippen molar-refractivity contribution in [3.63, 3.8) is 0 Å². The van der Waals surface area contributed by atoms with Crippen LogP contribution in [0.5, 0.6) is 0 Å². The van der Waals surface area contributed by atoms with Crippen molar-refractivity contribution in [1.82, 2.24) is 10.5 Å². The lowest BCUT2D eigenvalue weighted by Gasteiger charge is -2.03. The van der Waals surface area contributed by atoms with Crippen LogP contribution in [0.2, 0.25) is 0 Å². The Hall–Kier alpha value is -1.45. The van der Waals surface area contributed by atoms with Gasteiger partial charge in [0.2, 0.25) is 7.98 Å². The van der Waals surface area contributed by atoms with E-state index in [0.29, 0.717) is 6.54 Å². The second-order valence-corrected chi connectivity index (χ2v) is 2.31. The Balaban J connectivity index is 2.38. The second kappa shape index (κ2) is 4.44. The molecule has 1 aromatic rings. The predicted molar refractivity (Wildman–Crippen MR) is 47.6 cm³/mol. The molecule has 2 amide bonds. The zero-order chi connectivity index (χ0) is 8.81. The maximum atomic E-state index is 10.6. The molecule has 0 unspecified atom stereocenters. The average molecular weight is 160 g/mol. The van der Waals surface area contributed by atoms with E-state index in [1.807, 2.05) is 35.6 Å². The highest BCUT2D eigenvalue weighted by atomic mass is 16.2. The average Bonchev–Trinajstić information content (AvgIpc) is 2.16. The molecule has 3 nitrogen and oxygen atoms in total. The van der Waals surface area contributed by atoms with Gasteiger partial charge >= 0.3 is 6.03 Å². The summed E-state index contributed by atoms with van der Waals surface area (Å²) >= 11 is 0. The second-order valence-electron chi connectivity index (χ2n) is 2.31. The highest BCUT2D eigenvalue weighted by molar-refractivity contribution is 6.13. The Morgan fingerprint density at radius 2 is 2.00 bits per heavy atom. The Morgan fingerprint density at radius 3 is 2.58 bits per heavy atom. The molecule has 0 atom stereocenters. The van der Waals surface area contributed by atoms with Gasteiger partial charge in [0.25, 0.3) is 0 Å². The lowest BCUT2D eigenvalue weighted by Crippen LogP contribution is -2.33. The molecule has 0 saturated heterocycles. The molecule has 0 heterocycles. The van der Waals surface area contributed by atoms with Gasteiger partial charge in [0.05, 0.1) is 0 Å². The van der Waals surface area contributed by atoms with Gasteiger partial charge in [-0.2, -0.15) is 0 Å². The Bertz CT molecular complexity index is 250. The summed E-state index contributed by atoms with van der Waals surface area (Å²) < 4.78 is 0. The third kappa shape index (κ3) is 2.66. The maximum Gasteiger partial charge on any atom is 0.302 e. The van der Waals surface area contributed by atoms with Crippen LogP contribution in [0.4, 0.5) is 4.79 Å². The molecule has 1 rings (SSSR count). The third-order valence-electron chi connectivity index (χ3n) is 1.43. The summed E-state index contributed by atoms with van der Waals surface area (Å²) in [5.74, 6) is 0. The van der Waals surface area contributed by atoms with Crippen LogP contribution in [0.1, 0.15) is 5.56 Å². The van der Waals surface area contributed by atoms with E-state index in [9.17, 15) is 4.79 Å². The first-order chi connectivity index (χ1) is 5.83. The highest BCUT2D eigenvalue weighted by Gasteiger charge is 1.94. The van der Waals surface area contributed by atoms with Crippen LogP contribution in [0.3, 0.4) is 0 Å². The minimum atomic E-state index is -0.376. The maximum absolute atomic E-state index is 10.6. The summed E-state index contributed by atoms with van der Waals surface area (Å²) in [6.07, 6.45) is 0. The zero-order valence-corrected chi connectivity index (χ0v) is 6.58. The first kappa shape index (κ1) is 8.65. The number of carbonyl (C=O) groups excluding carboxylic acids is 1. The van der Waals surface area contributed by atoms with Crippen molar-refractivity contribution in [2.75, 3.05) is 0 Å². The lowest BCUT2D eigenvalue weighted by atomic mass is 10.2. The van der Waals surface area contributed by atoms with Crippen LogP contribution >= 0.6 is 0 Å². The van der Waals surface area contributed by atoms with E-state index >= 15 is 0 Å². The molecular formula is C8H9BN2O. The van der Waals surface area contributed by atoms with E-state index in [2.05, 4.69) is 5.32 Å². The molecule has 4 heteroatoms. The summed E-state index contributed by atoms with van der Waals surface area (Å²) in [5, 5.41) is 4.56. The molecule has 12 heavy (non-hydrogen) atoms. The fraction of sp³-hybridized carbons (Fsp3) is 0.125. The van der Waals surface area contributed by atoms with Crippen molar-refractivity contribution in [2.45, 2.75) is 6.54 Å². The van der Waals surface area contributed by atoms with Crippen LogP contribution in [-0.4, -0.2) is 14.0 Å². The molecule has 0 aliphatic carbocycles. The monoisotopic (exact) mass is 160 g/mol. The van der Waals surface area contributed by atoms with Crippen molar-refractivity contribution in [1.29, 1.82) is 0 Å². The summed E-state index contributed by atoms with van der Waals surface area (Å²) in [6, 6.07) is 9.23. The van der Waals surface area contributed by atoms with Gasteiger partial charge in [-0.15, -0.1) is 0 Å². The van der Waals surface area contributed by atoms with Crippen LogP contribution in [-0.2, 0) is 6.54 Å². The van der Waals surface area contributed by atoms with Crippen LogP contribution in [0, 0.1) is 0 Å². The molecule has 2 N–H and O–H groups in total. The topological polar surface area (TPSA) is 41.1 Å². The minimum absolute atomic E-state index is 0.376. The molecule has 0 aliphatic heterocycles. The van der Waals surface area contributed by atoms with Gasteiger partial charge in [-0.3, -0.25) is 4.79 Å². The SMILES string of the molecule is [B]NC(=O)NCc1ccccc1. The Kier molecular flexibility index (Phi) is 3.20. The smallest absolute Gasteiger partial charge is 0.302 e. The van der Waals surface area contributed by atoms with Gasteiger partial charge in [-0.05, 0) is 5.56 Å². The van der Waals surface area contributed by atoms with Crippen molar-refractivity contribution < 1.29 is 4.79 Å². The van der Waals surface area contributed by atoms with Crippen molar-refractivity contribution in [3.8, 4) is 0 Å². The number of amides is 2. The highest BCUT2D eigenvalue weighted by Crippen LogP contribution is 1.96. The van der Waals surface area contributed by atoms with E-state index in [1.54, 1.807) is 0 Å². The van der Waals surface area contributed by atoms with Gasteiger partial charge in [0, 0.05) is 6.54 Å². The van der Waals surface area contributed by atoms with E-state index in [0.717, 1.165) is 5.56 Å². The fourth-order valence-electron chi connectivity index (χ4n) is 0.829. The van der Waals surface area contributed by atoms with Crippen LogP contribution < -0.4 is 10.5 Å². The molecule has 0 spiro atoms. The van der Waals surface area contributed by atoms with Crippen LogP contribution in [0.25, 0.3) is 0 Å². The summed E-state index contributed by atoms with van der Waals surface area (Å²) in [4.78, 5) is 10.6. The largest absolute Gasteiger partial charge is 0.392 e. The van der Waals surface area contributed by atoms with Gasteiger partial charge in [-0.1, -0.05) is 30.3 Å². The van der Waals surface area contributed by atoms with Crippen molar-refractivity contribution in [3.05, 3.63) is 35.9 Å². The molecule has 0 aliphatic rings. The molecule has 0 saturated carbocycles. The molecule has 2 radical (unpaired) electrons. The molecular weight excluding hydrogens is 151 g/mol. The van der Waals surface area contributed by atoms with Crippen molar-refractivity contribution >= 4 is 14.0 Å². The number of carbonyl (C=O) groups is 1. The fourth-order valence-corrected chi connectivity index (χ4v) is 0.829. The van der Waals surface area contributed by atoms with Crippen molar-refractivity contribution in [2.24, 2.45) is 0 Å². The molecule has 0 bridgehead atoms. The molecule has 1 aromatic carbocycles. The molecule has 60 valence electrons. The van der Waals surface area contributed by atoms with Gasteiger partial charge in [-0.25, -0.2) is 0 Å². The Morgan fingerprint density at radius 1 is 1.33 bits per heavy atom. The first-order valence-corrected chi connectivity index (χ1v) is 3.61. The number of hydrogen-bond donors (Lipinski definition) is 2. The van der Waals surface area contributed by atoms with Gasteiger partial charge in [0.15, 0.2) is 0 Å². The number of benzene rings is 1. The van der Waals surface area contributed by atoms with Gasteiger partial charge < -0.3 is 10.5 Å². The van der Waals surface area contributed by atoms with Crippen LogP contribution in [0.15, 0.2) is 30.3 Å². The van der Waals surface area contributed by atoms with E-state index in [1.165, 1.54) is 0 Å². The number of nitrogens with one attached hydrogen (secondary N) is 2. The van der Waals surface area contributed by atoms with Gasteiger partial charge in [0.1, 0.15) is 0 Å². The molecule has 0 aromatic heterocycles. The Labute approximate surface area is 72.6 Å². The van der Waals surface area contributed by atoms with E-state index < -0.39 is 0 Å².